The first kappa shape index (κ1) is 18.7. The molecule has 8 nitrogen and oxygen atoms in total. The number of hydrogen-bond acceptors (Lipinski definition) is 5. The Balaban J connectivity index is 1.59. The van der Waals surface area contributed by atoms with Crippen molar-refractivity contribution in [2.75, 3.05) is 23.3 Å². The molecule has 9 heteroatoms. The maximum absolute atomic E-state index is 12.7. The molecule has 1 N–H and O–H groups in total. The summed E-state index contributed by atoms with van der Waals surface area (Å²) in [6.07, 6.45) is 5.48. The van der Waals surface area contributed by atoms with E-state index >= 15 is 0 Å². The normalized spacial score (nSPS) is 17.1. The van der Waals surface area contributed by atoms with Crippen LogP contribution in [-0.2, 0) is 11.3 Å². The highest BCUT2D eigenvalue weighted by Crippen LogP contribution is 2.23. The van der Waals surface area contributed by atoms with Gasteiger partial charge < -0.3 is 10.2 Å². The maximum atomic E-state index is 12.7. The SMILES string of the molecule is C[C@@H]1CCCN(c2nccn3c(=O)n(CC(=O)Nc4ccc(Br)cc4)nc23)C1. The third-order valence-electron chi connectivity index (χ3n) is 4.86. The Labute approximate surface area is 170 Å². The number of halogens is 1. The number of nitrogens with one attached hydrogen (secondary N) is 1. The lowest BCUT2D eigenvalue weighted by atomic mass is 10.0. The Kier molecular flexibility index (Phi) is 5.17. The Morgan fingerprint density at radius 1 is 1.32 bits per heavy atom. The Morgan fingerprint density at radius 3 is 2.86 bits per heavy atom. The Morgan fingerprint density at radius 2 is 2.11 bits per heavy atom. The zero-order valence-corrected chi connectivity index (χ0v) is 17.1. The number of benzene rings is 1. The molecule has 1 aliphatic rings. The third kappa shape index (κ3) is 3.80. The van der Waals surface area contributed by atoms with Gasteiger partial charge in [-0.1, -0.05) is 22.9 Å². The van der Waals surface area contributed by atoms with Crippen molar-refractivity contribution >= 4 is 39.0 Å². The van der Waals surface area contributed by atoms with E-state index in [2.05, 4.69) is 43.2 Å². The van der Waals surface area contributed by atoms with Crippen LogP contribution in [0, 0.1) is 5.92 Å². The fraction of sp³-hybridized carbons (Fsp3) is 0.368. The van der Waals surface area contributed by atoms with Crippen LogP contribution in [0.1, 0.15) is 19.8 Å². The van der Waals surface area contributed by atoms with Gasteiger partial charge in [0.15, 0.2) is 5.82 Å². The number of fused-ring (bicyclic) bond motifs is 1. The van der Waals surface area contributed by atoms with Gasteiger partial charge in [0, 0.05) is 35.6 Å². The zero-order chi connectivity index (χ0) is 19.7. The second kappa shape index (κ2) is 7.75. The lowest BCUT2D eigenvalue weighted by Crippen LogP contribution is -2.35. The Hall–Kier alpha value is -2.68. The molecule has 146 valence electrons. The third-order valence-corrected chi connectivity index (χ3v) is 5.39. The molecule has 0 spiro atoms. The quantitative estimate of drug-likeness (QED) is 0.668. The molecule has 0 bridgehead atoms. The summed E-state index contributed by atoms with van der Waals surface area (Å²) in [6, 6.07) is 7.25. The summed E-state index contributed by atoms with van der Waals surface area (Å²) in [7, 11) is 0. The number of nitrogens with zero attached hydrogens (tertiary/aromatic N) is 5. The second-order valence-electron chi connectivity index (χ2n) is 7.13. The molecule has 1 aromatic carbocycles. The van der Waals surface area contributed by atoms with E-state index in [1.807, 2.05) is 12.1 Å². The van der Waals surface area contributed by atoms with Crippen LogP contribution in [-0.4, -0.2) is 38.2 Å². The molecular weight excluding hydrogens is 424 g/mol. The number of anilines is 2. The minimum Gasteiger partial charge on any atom is -0.353 e. The van der Waals surface area contributed by atoms with E-state index in [9.17, 15) is 9.59 Å². The molecule has 1 aliphatic heterocycles. The van der Waals surface area contributed by atoms with E-state index in [0.717, 1.165) is 24.0 Å². The fourth-order valence-corrected chi connectivity index (χ4v) is 3.78. The van der Waals surface area contributed by atoms with Crippen molar-refractivity contribution in [3.8, 4) is 0 Å². The largest absolute Gasteiger partial charge is 0.353 e. The van der Waals surface area contributed by atoms with Crippen molar-refractivity contribution in [1.82, 2.24) is 19.2 Å². The van der Waals surface area contributed by atoms with E-state index in [0.29, 0.717) is 23.1 Å². The number of hydrogen-bond donors (Lipinski definition) is 1. The number of carbonyl (C=O) groups excluding carboxylic acids is 1. The summed E-state index contributed by atoms with van der Waals surface area (Å²) in [6.45, 7) is 3.83. The Bertz CT molecular complexity index is 1060. The molecule has 0 saturated carbocycles. The van der Waals surface area contributed by atoms with Crippen LogP contribution in [0.5, 0.6) is 0 Å². The molecule has 28 heavy (non-hydrogen) atoms. The average Bonchev–Trinajstić information content (AvgIpc) is 2.99. The molecule has 2 aromatic heterocycles. The molecule has 0 aliphatic carbocycles. The predicted molar refractivity (Wildman–Crippen MR) is 111 cm³/mol. The van der Waals surface area contributed by atoms with Crippen LogP contribution < -0.4 is 15.9 Å². The fourth-order valence-electron chi connectivity index (χ4n) is 3.51. The highest BCUT2D eigenvalue weighted by Gasteiger charge is 2.22. The van der Waals surface area contributed by atoms with Gasteiger partial charge >= 0.3 is 5.69 Å². The summed E-state index contributed by atoms with van der Waals surface area (Å²) >= 11 is 3.36. The van der Waals surface area contributed by atoms with Crippen molar-refractivity contribution in [3.63, 3.8) is 0 Å². The van der Waals surface area contributed by atoms with Crippen molar-refractivity contribution in [2.24, 2.45) is 5.92 Å². The van der Waals surface area contributed by atoms with Crippen molar-refractivity contribution in [3.05, 3.63) is 51.6 Å². The number of amides is 1. The summed E-state index contributed by atoms with van der Waals surface area (Å²) in [4.78, 5) is 31.7. The predicted octanol–water partition coefficient (Wildman–Crippen LogP) is 2.53. The molecule has 0 radical (unpaired) electrons. The lowest BCUT2D eigenvalue weighted by molar-refractivity contribution is -0.117. The number of aromatic nitrogens is 4. The summed E-state index contributed by atoms with van der Waals surface area (Å²) in [5.74, 6) is 0.952. The van der Waals surface area contributed by atoms with Gasteiger partial charge in [-0.15, -0.1) is 5.10 Å². The molecule has 1 fully saturated rings. The topological polar surface area (TPSA) is 84.5 Å². The standard InChI is InChI=1S/C19H21BrN6O2/c1-13-3-2-9-24(11-13)17-18-23-26(19(28)25(18)10-8-21-17)12-16(27)22-15-6-4-14(20)5-7-15/h4-8,10,13H,2-3,9,11-12H2,1H3,(H,22,27)/t13-/m1/s1. The van der Waals surface area contributed by atoms with E-state index in [1.165, 1.54) is 15.5 Å². The lowest BCUT2D eigenvalue weighted by Gasteiger charge is -2.31. The molecule has 3 heterocycles. The molecular formula is C19H21BrN6O2. The van der Waals surface area contributed by atoms with Gasteiger partial charge in [0.2, 0.25) is 11.6 Å². The average molecular weight is 445 g/mol. The minimum absolute atomic E-state index is 0.160. The highest BCUT2D eigenvalue weighted by molar-refractivity contribution is 9.10. The van der Waals surface area contributed by atoms with Crippen LogP contribution in [0.15, 0.2) is 45.9 Å². The molecule has 1 saturated heterocycles. The molecule has 4 rings (SSSR count). The summed E-state index contributed by atoms with van der Waals surface area (Å²) in [5, 5.41) is 7.18. The van der Waals surface area contributed by atoms with E-state index < -0.39 is 0 Å². The smallest absolute Gasteiger partial charge is 0.350 e. The second-order valence-corrected chi connectivity index (χ2v) is 8.05. The van der Waals surface area contributed by atoms with Gasteiger partial charge in [-0.2, -0.15) is 0 Å². The van der Waals surface area contributed by atoms with Crippen LogP contribution in [0.25, 0.3) is 5.65 Å². The number of carbonyl (C=O) groups is 1. The van der Waals surface area contributed by atoms with Gasteiger partial charge in [-0.25, -0.2) is 18.9 Å². The molecule has 1 amide bonds. The van der Waals surface area contributed by atoms with E-state index in [-0.39, 0.29) is 18.1 Å². The van der Waals surface area contributed by atoms with Gasteiger partial charge in [0.05, 0.1) is 0 Å². The van der Waals surface area contributed by atoms with Crippen molar-refractivity contribution in [2.45, 2.75) is 26.3 Å². The summed E-state index contributed by atoms with van der Waals surface area (Å²) < 4.78 is 3.56. The van der Waals surface area contributed by atoms with Crippen molar-refractivity contribution in [1.29, 1.82) is 0 Å². The molecule has 0 unspecified atom stereocenters. The van der Waals surface area contributed by atoms with Crippen LogP contribution in [0.3, 0.4) is 0 Å². The number of rotatable bonds is 4. The van der Waals surface area contributed by atoms with Gasteiger partial charge in [-0.3, -0.25) is 4.79 Å². The highest BCUT2D eigenvalue weighted by atomic mass is 79.9. The van der Waals surface area contributed by atoms with E-state index in [4.69, 9.17) is 0 Å². The first-order valence-electron chi connectivity index (χ1n) is 9.26. The van der Waals surface area contributed by atoms with Crippen molar-refractivity contribution < 1.29 is 4.79 Å². The van der Waals surface area contributed by atoms with Gasteiger partial charge in [0.25, 0.3) is 0 Å². The minimum atomic E-state index is -0.352. The monoisotopic (exact) mass is 444 g/mol. The van der Waals surface area contributed by atoms with Crippen LogP contribution >= 0.6 is 15.9 Å². The zero-order valence-electron chi connectivity index (χ0n) is 15.5. The molecule has 1 atom stereocenters. The maximum Gasteiger partial charge on any atom is 0.350 e. The first-order valence-corrected chi connectivity index (χ1v) is 10.0. The van der Waals surface area contributed by atoms with Gasteiger partial charge in [0.1, 0.15) is 6.54 Å². The van der Waals surface area contributed by atoms with Crippen LogP contribution in [0.4, 0.5) is 11.5 Å². The van der Waals surface area contributed by atoms with Gasteiger partial charge in [-0.05, 0) is 43.0 Å². The first-order chi connectivity index (χ1) is 13.5. The van der Waals surface area contributed by atoms with E-state index in [1.54, 1.807) is 24.5 Å². The summed E-state index contributed by atoms with van der Waals surface area (Å²) in [5.41, 5.74) is 0.794. The number of piperidine rings is 1. The van der Waals surface area contributed by atoms with Crippen LogP contribution in [0.2, 0.25) is 0 Å². The molecule has 3 aromatic rings.